The molecule has 0 radical (unpaired) electrons. The molecular formula is C23H26N4O2S2. The van der Waals surface area contributed by atoms with Crippen molar-refractivity contribution in [2.24, 2.45) is 0 Å². The molecule has 1 aliphatic carbocycles. The van der Waals surface area contributed by atoms with E-state index in [1.165, 1.54) is 36.7 Å². The highest BCUT2D eigenvalue weighted by molar-refractivity contribution is 7.93. The molecular weight excluding hydrogens is 428 g/mol. The molecule has 1 aliphatic heterocycles. The molecule has 5 rings (SSSR count). The minimum atomic E-state index is -3.67. The third kappa shape index (κ3) is 4.24. The number of hydrogen-bond acceptors (Lipinski definition) is 6. The highest BCUT2D eigenvalue weighted by Gasteiger charge is 2.33. The van der Waals surface area contributed by atoms with E-state index in [1.54, 1.807) is 6.07 Å². The molecule has 0 bridgehead atoms. The van der Waals surface area contributed by atoms with Gasteiger partial charge in [0.25, 0.3) is 10.0 Å². The van der Waals surface area contributed by atoms with Crippen molar-refractivity contribution in [1.82, 2.24) is 14.3 Å². The molecule has 0 spiro atoms. The van der Waals surface area contributed by atoms with Gasteiger partial charge in [-0.05, 0) is 67.5 Å². The van der Waals surface area contributed by atoms with Gasteiger partial charge in [0.1, 0.15) is 6.33 Å². The maximum Gasteiger partial charge on any atom is 0.263 e. The number of benzene rings is 2. The summed E-state index contributed by atoms with van der Waals surface area (Å²) in [7, 11) is -3.67. The number of sulfonamides is 1. The lowest BCUT2D eigenvalue weighted by molar-refractivity contribution is 0.0835. The van der Waals surface area contributed by atoms with E-state index < -0.39 is 10.0 Å². The molecule has 6 nitrogen and oxygen atoms in total. The SMILES string of the molecule is O=S(=O)(Nc1ncns1)c1ccc2c(c1)CCC[C@H]2N1CCCC[C@@H]1c1ccccc1. The Hall–Kier alpha value is -2.29. The summed E-state index contributed by atoms with van der Waals surface area (Å²) >= 11 is 1.03. The monoisotopic (exact) mass is 454 g/mol. The highest BCUT2D eigenvalue weighted by atomic mass is 32.2. The zero-order valence-corrected chi connectivity index (χ0v) is 18.9. The van der Waals surface area contributed by atoms with E-state index in [1.807, 2.05) is 12.1 Å². The van der Waals surface area contributed by atoms with Crippen LogP contribution in [0.15, 0.2) is 59.8 Å². The summed E-state index contributed by atoms with van der Waals surface area (Å²) < 4.78 is 32.0. The summed E-state index contributed by atoms with van der Waals surface area (Å²) in [4.78, 5) is 6.88. The van der Waals surface area contributed by atoms with Crippen molar-refractivity contribution in [1.29, 1.82) is 0 Å². The Morgan fingerprint density at radius 3 is 2.65 bits per heavy atom. The van der Waals surface area contributed by atoms with Crippen molar-refractivity contribution in [3.8, 4) is 0 Å². The molecule has 0 amide bonds. The fraction of sp³-hybridized carbons (Fsp3) is 0.391. The van der Waals surface area contributed by atoms with Gasteiger partial charge in [0.15, 0.2) is 0 Å². The molecule has 1 saturated heterocycles. The smallest absolute Gasteiger partial charge is 0.263 e. The number of piperidine rings is 1. The number of fused-ring (bicyclic) bond motifs is 1. The lowest BCUT2D eigenvalue weighted by Gasteiger charge is -2.44. The second-order valence-electron chi connectivity index (χ2n) is 8.28. The lowest BCUT2D eigenvalue weighted by atomic mass is 9.83. The van der Waals surface area contributed by atoms with Crippen LogP contribution in [0.1, 0.15) is 60.9 Å². The maximum absolute atomic E-state index is 12.8. The molecule has 0 unspecified atom stereocenters. The number of nitrogens with one attached hydrogen (secondary N) is 1. The molecule has 3 aromatic rings. The van der Waals surface area contributed by atoms with Crippen LogP contribution in [0.2, 0.25) is 0 Å². The van der Waals surface area contributed by atoms with E-state index in [0.29, 0.717) is 17.0 Å². The predicted octanol–water partition coefficient (Wildman–Crippen LogP) is 4.94. The number of aryl methyl sites for hydroxylation is 1. The fourth-order valence-corrected chi connectivity index (χ4v) is 6.74. The molecule has 0 saturated carbocycles. The molecule has 2 aliphatic rings. The zero-order valence-electron chi connectivity index (χ0n) is 17.3. The van der Waals surface area contributed by atoms with Crippen LogP contribution in [0.5, 0.6) is 0 Å². The Morgan fingerprint density at radius 1 is 1.00 bits per heavy atom. The van der Waals surface area contributed by atoms with E-state index in [2.05, 4.69) is 49.3 Å². The van der Waals surface area contributed by atoms with Crippen LogP contribution in [-0.2, 0) is 16.4 Å². The van der Waals surface area contributed by atoms with E-state index in [9.17, 15) is 8.42 Å². The average Bonchev–Trinajstić information content (AvgIpc) is 3.31. The lowest BCUT2D eigenvalue weighted by Crippen LogP contribution is -2.38. The molecule has 1 aromatic heterocycles. The first-order valence-electron chi connectivity index (χ1n) is 10.8. The van der Waals surface area contributed by atoms with Gasteiger partial charge in [0, 0.05) is 23.6 Å². The van der Waals surface area contributed by atoms with Gasteiger partial charge in [0.05, 0.1) is 4.90 Å². The van der Waals surface area contributed by atoms with E-state index >= 15 is 0 Å². The second-order valence-corrected chi connectivity index (χ2v) is 10.7. The fourth-order valence-electron chi connectivity index (χ4n) is 5.03. The van der Waals surface area contributed by atoms with Gasteiger partial charge in [0.2, 0.25) is 5.13 Å². The Bertz CT molecular complexity index is 1130. The molecule has 8 heteroatoms. The van der Waals surface area contributed by atoms with Gasteiger partial charge >= 0.3 is 0 Å². The summed E-state index contributed by atoms with van der Waals surface area (Å²) in [5.74, 6) is 0. The van der Waals surface area contributed by atoms with Gasteiger partial charge in [-0.25, -0.2) is 13.4 Å². The van der Waals surface area contributed by atoms with Gasteiger partial charge in [-0.15, -0.1) is 0 Å². The second kappa shape index (κ2) is 8.68. The van der Waals surface area contributed by atoms with Crippen LogP contribution in [0.3, 0.4) is 0 Å². The third-order valence-corrected chi connectivity index (χ3v) is 8.47. The van der Waals surface area contributed by atoms with Crippen molar-refractivity contribution < 1.29 is 8.42 Å². The van der Waals surface area contributed by atoms with Gasteiger partial charge in [-0.2, -0.15) is 4.37 Å². The molecule has 1 fully saturated rings. The molecule has 2 aromatic carbocycles. The number of hydrogen-bond donors (Lipinski definition) is 1. The Labute approximate surface area is 187 Å². The van der Waals surface area contributed by atoms with Crippen molar-refractivity contribution in [3.63, 3.8) is 0 Å². The number of rotatable bonds is 5. The van der Waals surface area contributed by atoms with Crippen LogP contribution in [-0.4, -0.2) is 29.2 Å². The van der Waals surface area contributed by atoms with Crippen LogP contribution < -0.4 is 4.72 Å². The standard InChI is InChI=1S/C23H26N4O2S2/c28-31(29,26-23-24-16-25-30-23)19-12-13-20-18(15-19)9-6-11-22(20)27-14-5-4-10-21(27)17-7-2-1-3-8-17/h1-3,7-8,12-13,15-16,21-22H,4-6,9-11,14H2,(H,24,25,26)/t21-,22-/m1/s1. The Kier molecular flexibility index (Phi) is 5.77. The van der Waals surface area contributed by atoms with Crippen LogP contribution in [0.4, 0.5) is 5.13 Å². The van der Waals surface area contributed by atoms with Crippen molar-refractivity contribution in [2.45, 2.75) is 55.5 Å². The third-order valence-electron chi connectivity index (χ3n) is 6.42. The van der Waals surface area contributed by atoms with Gasteiger partial charge in [-0.1, -0.05) is 42.8 Å². The molecule has 1 N–H and O–H groups in total. The minimum absolute atomic E-state index is 0.287. The van der Waals surface area contributed by atoms with Crippen LogP contribution in [0.25, 0.3) is 0 Å². The molecule has 31 heavy (non-hydrogen) atoms. The normalized spacial score (nSPS) is 22.1. The number of likely N-dealkylation sites (tertiary alicyclic amines) is 1. The Morgan fingerprint density at radius 2 is 1.84 bits per heavy atom. The molecule has 2 atom stereocenters. The number of aromatic nitrogens is 2. The topological polar surface area (TPSA) is 75.2 Å². The van der Waals surface area contributed by atoms with Gasteiger partial charge < -0.3 is 0 Å². The summed E-state index contributed by atoms with van der Waals surface area (Å²) in [5.41, 5.74) is 3.81. The first-order valence-corrected chi connectivity index (χ1v) is 13.1. The minimum Gasteiger partial charge on any atom is -0.289 e. The maximum atomic E-state index is 12.8. The zero-order chi connectivity index (χ0) is 21.3. The van der Waals surface area contributed by atoms with E-state index in [-0.39, 0.29) is 5.13 Å². The first-order chi connectivity index (χ1) is 15.1. The quantitative estimate of drug-likeness (QED) is 0.591. The van der Waals surface area contributed by atoms with Gasteiger partial charge in [-0.3, -0.25) is 9.62 Å². The van der Waals surface area contributed by atoms with E-state index in [0.717, 1.165) is 42.9 Å². The number of nitrogens with zero attached hydrogens (tertiary/aromatic N) is 3. The predicted molar refractivity (Wildman–Crippen MR) is 123 cm³/mol. The summed E-state index contributed by atoms with van der Waals surface area (Å²) in [6.45, 7) is 1.09. The van der Waals surface area contributed by atoms with Crippen LogP contribution in [0, 0.1) is 0 Å². The number of anilines is 1. The first kappa shape index (κ1) is 20.6. The summed E-state index contributed by atoms with van der Waals surface area (Å²) in [5, 5.41) is 0.287. The van der Waals surface area contributed by atoms with Crippen molar-refractivity contribution in [2.75, 3.05) is 11.3 Å². The summed E-state index contributed by atoms with van der Waals surface area (Å²) in [6, 6.07) is 17.2. The molecule has 162 valence electrons. The van der Waals surface area contributed by atoms with Crippen molar-refractivity contribution in [3.05, 3.63) is 71.5 Å². The van der Waals surface area contributed by atoms with E-state index in [4.69, 9.17) is 0 Å². The van der Waals surface area contributed by atoms with Crippen LogP contribution >= 0.6 is 11.5 Å². The Balaban J connectivity index is 1.45. The molecule has 2 heterocycles. The average molecular weight is 455 g/mol. The highest BCUT2D eigenvalue weighted by Crippen LogP contribution is 2.43. The summed E-state index contributed by atoms with van der Waals surface area (Å²) in [6.07, 6.45) is 8.10. The van der Waals surface area contributed by atoms with Crippen molar-refractivity contribution >= 4 is 26.7 Å². The largest absolute Gasteiger partial charge is 0.289 e.